The van der Waals surface area contributed by atoms with E-state index in [0.29, 0.717) is 11.5 Å². The van der Waals surface area contributed by atoms with E-state index in [1.54, 1.807) is 7.11 Å². The van der Waals surface area contributed by atoms with E-state index in [0.717, 1.165) is 12.2 Å². The van der Waals surface area contributed by atoms with Crippen LogP contribution in [0.2, 0.25) is 0 Å². The Bertz CT molecular complexity index is 324. The van der Waals surface area contributed by atoms with Crippen LogP contribution in [-0.4, -0.2) is 14.2 Å². The Kier molecular flexibility index (Phi) is 5.01. The fourth-order valence-corrected chi connectivity index (χ4v) is 1.89. The van der Waals surface area contributed by atoms with Crippen molar-refractivity contribution in [2.75, 3.05) is 14.2 Å². The van der Waals surface area contributed by atoms with Crippen molar-refractivity contribution in [2.45, 2.75) is 39.7 Å². The van der Waals surface area contributed by atoms with E-state index in [4.69, 9.17) is 4.74 Å². The summed E-state index contributed by atoms with van der Waals surface area (Å²) in [5.41, 5.74) is 1.72. The van der Waals surface area contributed by atoms with Crippen LogP contribution in [0.15, 0.2) is 24.3 Å². The summed E-state index contributed by atoms with van der Waals surface area (Å²) in [5.74, 6) is 0.916. The first-order chi connectivity index (χ1) is 7.96. The fraction of sp³-hybridized carbons (Fsp3) is 0.600. The maximum Gasteiger partial charge on any atom is 0.118 e. The molecule has 0 heterocycles. The molecule has 1 atom stereocenters. The van der Waals surface area contributed by atoms with Crippen molar-refractivity contribution in [3.8, 4) is 5.75 Å². The Balaban J connectivity index is 2.66. The van der Waals surface area contributed by atoms with Gasteiger partial charge < -0.3 is 10.1 Å². The second kappa shape index (κ2) is 6.06. The van der Waals surface area contributed by atoms with Gasteiger partial charge in [-0.3, -0.25) is 0 Å². The van der Waals surface area contributed by atoms with E-state index in [2.05, 4.69) is 38.2 Å². The Morgan fingerprint density at radius 2 is 1.76 bits per heavy atom. The van der Waals surface area contributed by atoms with Crippen molar-refractivity contribution in [1.29, 1.82) is 0 Å². The fourth-order valence-electron chi connectivity index (χ4n) is 1.89. The van der Waals surface area contributed by atoms with Gasteiger partial charge in [0.15, 0.2) is 0 Å². The molecule has 1 unspecified atom stereocenters. The molecule has 2 heteroatoms. The number of hydrogen-bond donors (Lipinski definition) is 1. The average molecular weight is 235 g/mol. The van der Waals surface area contributed by atoms with Crippen molar-refractivity contribution in [1.82, 2.24) is 5.32 Å². The highest BCUT2D eigenvalue weighted by Gasteiger charge is 2.15. The molecule has 0 aliphatic carbocycles. The molecule has 0 aromatic heterocycles. The van der Waals surface area contributed by atoms with Gasteiger partial charge in [0.25, 0.3) is 0 Å². The topological polar surface area (TPSA) is 21.3 Å². The van der Waals surface area contributed by atoms with E-state index >= 15 is 0 Å². The zero-order chi connectivity index (χ0) is 12.9. The summed E-state index contributed by atoms with van der Waals surface area (Å²) in [6, 6.07) is 8.76. The summed E-state index contributed by atoms with van der Waals surface area (Å²) < 4.78 is 5.18. The maximum atomic E-state index is 5.18. The third-order valence-corrected chi connectivity index (χ3v) is 3.05. The summed E-state index contributed by atoms with van der Waals surface area (Å²) in [5, 5.41) is 3.39. The normalized spacial score (nSPS) is 13.5. The molecule has 0 aliphatic rings. The zero-order valence-corrected chi connectivity index (χ0v) is 11.7. The molecule has 0 fully saturated rings. The first-order valence-electron chi connectivity index (χ1n) is 6.27. The summed E-state index contributed by atoms with van der Waals surface area (Å²) in [6.45, 7) is 6.86. The molecule has 0 radical (unpaired) electrons. The lowest BCUT2D eigenvalue weighted by atomic mass is 9.87. The van der Waals surface area contributed by atoms with Gasteiger partial charge in [0.05, 0.1) is 7.11 Å². The smallest absolute Gasteiger partial charge is 0.118 e. The Labute approximate surface area is 105 Å². The molecule has 0 amide bonds. The van der Waals surface area contributed by atoms with Gasteiger partial charge in [-0.25, -0.2) is 0 Å². The molecule has 0 saturated heterocycles. The highest BCUT2D eigenvalue weighted by atomic mass is 16.5. The van der Waals surface area contributed by atoms with Crippen LogP contribution in [-0.2, 0) is 0 Å². The predicted octanol–water partition coefficient (Wildman–Crippen LogP) is 3.78. The number of rotatable bonds is 5. The largest absolute Gasteiger partial charge is 0.497 e. The predicted molar refractivity (Wildman–Crippen MR) is 73.5 cm³/mol. The van der Waals surface area contributed by atoms with Gasteiger partial charge in [-0.1, -0.05) is 32.9 Å². The van der Waals surface area contributed by atoms with Crippen LogP contribution in [0.1, 0.15) is 45.2 Å². The molecule has 1 N–H and O–H groups in total. The van der Waals surface area contributed by atoms with Crippen LogP contribution < -0.4 is 10.1 Å². The molecule has 1 aromatic rings. The van der Waals surface area contributed by atoms with Crippen LogP contribution in [0.5, 0.6) is 5.75 Å². The molecular formula is C15H25NO. The number of nitrogens with one attached hydrogen (secondary N) is 1. The highest BCUT2D eigenvalue weighted by Crippen LogP contribution is 2.27. The summed E-state index contributed by atoms with van der Waals surface area (Å²) in [7, 11) is 3.72. The highest BCUT2D eigenvalue weighted by molar-refractivity contribution is 5.29. The van der Waals surface area contributed by atoms with Crippen molar-refractivity contribution >= 4 is 0 Å². The van der Waals surface area contributed by atoms with Crippen molar-refractivity contribution in [3.05, 3.63) is 29.8 Å². The molecule has 0 spiro atoms. The van der Waals surface area contributed by atoms with Crippen molar-refractivity contribution < 1.29 is 4.74 Å². The van der Waals surface area contributed by atoms with Crippen LogP contribution in [0.25, 0.3) is 0 Å². The zero-order valence-electron chi connectivity index (χ0n) is 11.7. The molecule has 0 saturated carbocycles. The molecular weight excluding hydrogens is 210 g/mol. The summed E-state index contributed by atoms with van der Waals surface area (Å²) >= 11 is 0. The van der Waals surface area contributed by atoms with Crippen LogP contribution >= 0.6 is 0 Å². The molecule has 0 bridgehead atoms. The minimum atomic E-state index is 0.390. The molecule has 2 nitrogen and oxygen atoms in total. The van der Waals surface area contributed by atoms with Crippen molar-refractivity contribution in [2.24, 2.45) is 5.41 Å². The lowest BCUT2D eigenvalue weighted by Crippen LogP contribution is -2.18. The Hall–Kier alpha value is -1.02. The van der Waals surface area contributed by atoms with Gasteiger partial charge >= 0.3 is 0 Å². The van der Waals surface area contributed by atoms with Crippen LogP contribution in [0.3, 0.4) is 0 Å². The summed E-state index contributed by atoms with van der Waals surface area (Å²) in [4.78, 5) is 0. The lowest BCUT2D eigenvalue weighted by molar-refractivity contribution is 0.338. The first-order valence-corrected chi connectivity index (χ1v) is 6.27. The molecule has 17 heavy (non-hydrogen) atoms. The second-order valence-corrected chi connectivity index (χ2v) is 5.71. The van der Waals surface area contributed by atoms with E-state index in [1.165, 1.54) is 12.0 Å². The van der Waals surface area contributed by atoms with Crippen molar-refractivity contribution in [3.63, 3.8) is 0 Å². The van der Waals surface area contributed by atoms with E-state index < -0.39 is 0 Å². The van der Waals surface area contributed by atoms with Crippen LogP contribution in [0.4, 0.5) is 0 Å². The number of methoxy groups -OCH3 is 1. The lowest BCUT2D eigenvalue weighted by Gasteiger charge is -2.23. The van der Waals surface area contributed by atoms with Gasteiger partial charge in [-0.05, 0) is 43.0 Å². The van der Waals surface area contributed by atoms with Gasteiger partial charge in [-0.15, -0.1) is 0 Å². The number of hydrogen-bond acceptors (Lipinski definition) is 2. The minimum absolute atomic E-state index is 0.390. The third kappa shape index (κ3) is 4.78. The SMILES string of the molecule is CNC(CCC(C)(C)C)c1ccc(OC)cc1. The maximum absolute atomic E-state index is 5.18. The van der Waals surface area contributed by atoms with Crippen LogP contribution in [0, 0.1) is 5.41 Å². The number of benzene rings is 1. The number of ether oxygens (including phenoxy) is 1. The molecule has 96 valence electrons. The Morgan fingerprint density at radius 1 is 1.18 bits per heavy atom. The van der Waals surface area contributed by atoms with E-state index in [1.807, 2.05) is 19.2 Å². The second-order valence-electron chi connectivity index (χ2n) is 5.71. The molecule has 1 rings (SSSR count). The summed E-state index contributed by atoms with van der Waals surface area (Å²) in [6.07, 6.45) is 2.37. The molecule has 0 aliphatic heterocycles. The average Bonchev–Trinajstić information content (AvgIpc) is 2.29. The minimum Gasteiger partial charge on any atom is -0.497 e. The van der Waals surface area contributed by atoms with Gasteiger partial charge in [0, 0.05) is 6.04 Å². The van der Waals surface area contributed by atoms with E-state index in [9.17, 15) is 0 Å². The first kappa shape index (κ1) is 14.0. The third-order valence-electron chi connectivity index (χ3n) is 3.05. The van der Waals surface area contributed by atoms with Gasteiger partial charge in [0.2, 0.25) is 0 Å². The quantitative estimate of drug-likeness (QED) is 0.838. The molecule has 1 aromatic carbocycles. The standard InChI is InChI=1S/C15H25NO/c1-15(2,3)11-10-14(16-4)12-6-8-13(17-5)9-7-12/h6-9,14,16H,10-11H2,1-5H3. The Morgan fingerprint density at radius 3 is 2.18 bits per heavy atom. The van der Waals surface area contributed by atoms with E-state index in [-0.39, 0.29) is 0 Å². The monoisotopic (exact) mass is 235 g/mol. The van der Waals surface area contributed by atoms with Gasteiger partial charge in [0.1, 0.15) is 5.75 Å². The van der Waals surface area contributed by atoms with Gasteiger partial charge in [-0.2, -0.15) is 0 Å².